The molecule has 110 valence electrons. The lowest BCUT2D eigenvalue weighted by atomic mass is 10.1. The van der Waals surface area contributed by atoms with E-state index in [1.165, 1.54) is 6.92 Å². The number of anilines is 1. The maximum absolute atomic E-state index is 13.7. The molecule has 0 aliphatic rings. The van der Waals surface area contributed by atoms with Crippen LogP contribution in [0.25, 0.3) is 0 Å². The SMILES string of the molecule is CC(CS)C(=O)N(CC(=O)O)c1ccc(F)c(F)c1F. The Balaban J connectivity index is 3.28. The van der Waals surface area contributed by atoms with Crippen LogP contribution in [0.3, 0.4) is 0 Å². The molecule has 0 heterocycles. The number of halogens is 3. The smallest absolute Gasteiger partial charge is 0.323 e. The second-order valence-corrected chi connectivity index (χ2v) is 4.46. The predicted octanol–water partition coefficient (Wildman–Crippen LogP) is 2.09. The molecule has 1 atom stereocenters. The first-order valence-corrected chi connectivity index (χ1v) is 6.20. The molecular formula is C12H12F3NO3S. The van der Waals surface area contributed by atoms with Crippen molar-refractivity contribution in [2.24, 2.45) is 5.92 Å². The topological polar surface area (TPSA) is 57.6 Å². The summed E-state index contributed by atoms with van der Waals surface area (Å²) in [6.07, 6.45) is 0. The first kappa shape index (κ1) is 16.4. The van der Waals surface area contributed by atoms with Gasteiger partial charge < -0.3 is 5.11 Å². The number of hydrogen-bond acceptors (Lipinski definition) is 3. The van der Waals surface area contributed by atoms with Crippen LogP contribution in [-0.4, -0.2) is 29.3 Å². The van der Waals surface area contributed by atoms with Gasteiger partial charge in [-0.3, -0.25) is 14.5 Å². The first-order chi connectivity index (χ1) is 9.29. The van der Waals surface area contributed by atoms with Gasteiger partial charge in [-0.15, -0.1) is 0 Å². The Morgan fingerprint density at radius 2 is 1.90 bits per heavy atom. The Morgan fingerprint density at radius 1 is 1.30 bits per heavy atom. The van der Waals surface area contributed by atoms with Gasteiger partial charge in [-0.1, -0.05) is 6.92 Å². The molecule has 4 nitrogen and oxygen atoms in total. The molecule has 1 amide bonds. The van der Waals surface area contributed by atoms with E-state index in [9.17, 15) is 22.8 Å². The fraction of sp³-hybridized carbons (Fsp3) is 0.333. The first-order valence-electron chi connectivity index (χ1n) is 5.57. The molecule has 0 aliphatic heterocycles. The summed E-state index contributed by atoms with van der Waals surface area (Å²) in [6, 6.07) is 1.45. The molecular weight excluding hydrogens is 295 g/mol. The minimum absolute atomic E-state index is 0.0975. The summed E-state index contributed by atoms with van der Waals surface area (Å²) in [5, 5.41) is 8.76. The van der Waals surface area contributed by atoms with Crippen LogP contribution in [0.1, 0.15) is 6.92 Å². The number of hydrogen-bond donors (Lipinski definition) is 2. The van der Waals surface area contributed by atoms with Gasteiger partial charge in [0.2, 0.25) is 5.91 Å². The Bertz CT molecular complexity index is 539. The molecule has 0 fully saturated rings. The van der Waals surface area contributed by atoms with E-state index in [0.717, 1.165) is 6.07 Å². The van der Waals surface area contributed by atoms with E-state index in [0.29, 0.717) is 11.0 Å². The van der Waals surface area contributed by atoms with Crippen molar-refractivity contribution in [2.75, 3.05) is 17.2 Å². The zero-order valence-corrected chi connectivity index (χ0v) is 11.3. The molecule has 0 spiro atoms. The summed E-state index contributed by atoms with van der Waals surface area (Å²) in [7, 11) is 0. The minimum Gasteiger partial charge on any atom is -0.480 e. The average molecular weight is 307 g/mol. The number of carboxylic acids is 1. The van der Waals surface area contributed by atoms with Gasteiger partial charge >= 0.3 is 5.97 Å². The fourth-order valence-corrected chi connectivity index (χ4v) is 1.64. The summed E-state index contributed by atoms with van der Waals surface area (Å²) in [5.74, 6) is -7.54. The maximum Gasteiger partial charge on any atom is 0.323 e. The monoisotopic (exact) mass is 307 g/mol. The van der Waals surface area contributed by atoms with Crippen LogP contribution in [0.4, 0.5) is 18.9 Å². The van der Waals surface area contributed by atoms with Crippen molar-refractivity contribution in [1.82, 2.24) is 0 Å². The highest BCUT2D eigenvalue weighted by Gasteiger charge is 2.27. The summed E-state index contributed by atoms with van der Waals surface area (Å²) >= 11 is 3.89. The van der Waals surface area contributed by atoms with E-state index in [-0.39, 0.29) is 5.75 Å². The summed E-state index contributed by atoms with van der Waals surface area (Å²) < 4.78 is 39.7. The van der Waals surface area contributed by atoms with E-state index in [2.05, 4.69) is 12.6 Å². The lowest BCUT2D eigenvalue weighted by molar-refractivity contribution is -0.137. The van der Waals surface area contributed by atoms with Crippen LogP contribution in [-0.2, 0) is 9.59 Å². The molecule has 1 N–H and O–H groups in total. The van der Waals surface area contributed by atoms with E-state index >= 15 is 0 Å². The average Bonchev–Trinajstić information content (AvgIpc) is 2.41. The molecule has 0 saturated heterocycles. The van der Waals surface area contributed by atoms with Crippen LogP contribution >= 0.6 is 12.6 Å². The van der Waals surface area contributed by atoms with Crippen molar-refractivity contribution in [1.29, 1.82) is 0 Å². The number of amides is 1. The van der Waals surface area contributed by atoms with Gasteiger partial charge in [-0.25, -0.2) is 13.2 Å². The van der Waals surface area contributed by atoms with E-state index in [4.69, 9.17) is 5.11 Å². The molecule has 0 radical (unpaired) electrons. The van der Waals surface area contributed by atoms with Crippen LogP contribution < -0.4 is 4.90 Å². The Labute approximate surface area is 118 Å². The van der Waals surface area contributed by atoms with Gasteiger partial charge in [0.15, 0.2) is 17.5 Å². The molecule has 1 unspecified atom stereocenters. The highest BCUT2D eigenvalue weighted by atomic mass is 32.1. The number of benzene rings is 1. The molecule has 0 aliphatic carbocycles. The number of carboxylic acid groups (broad SMARTS) is 1. The lowest BCUT2D eigenvalue weighted by Crippen LogP contribution is -2.40. The largest absolute Gasteiger partial charge is 0.480 e. The van der Waals surface area contributed by atoms with Crippen LogP contribution in [0, 0.1) is 23.4 Å². The minimum atomic E-state index is -1.76. The Morgan fingerprint density at radius 3 is 2.40 bits per heavy atom. The summed E-state index contributed by atoms with van der Waals surface area (Å²) in [4.78, 5) is 23.3. The number of nitrogens with zero attached hydrogens (tertiary/aromatic N) is 1. The molecule has 1 rings (SSSR count). The fourth-order valence-electron chi connectivity index (χ4n) is 1.49. The van der Waals surface area contributed by atoms with Crippen LogP contribution in [0.15, 0.2) is 12.1 Å². The number of thiol groups is 1. The summed E-state index contributed by atoms with van der Waals surface area (Å²) in [5.41, 5.74) is -0.620. The van der Waals surface area contributed by atoms with Gasteiger partial charge in [0.1, 0.15) is 6.54 Å². The van der Waals surface area contributed by atoms with Gasteiger partial charge in [0.25, 0.3) is 0 Å². The maximum atomic E-state index is 13.7. The van der Waals surface area contributed by atoms with Crippen molar-refractivity contribution in [3.05, 3.63) is 29.6 Å². The van der Waals surface area contributed by atoms with Crippen LogP contribution in [0.5, 0.6) is 0 Å². The second-order valence-electron chi connectivity index (χ2n) is 4.10. The van der Waals surface area contributed by atoms with E-state index < -0.39 is 47.5 Å². The highest BCUT2D eigenvalue weighted by molar-refractivity contribution is 7.80. The van der Waals surface area contributed by atoms with Crippen molar-refractivity contribution in [3.8, 4) is 0 Å². The van der Waals surface area contributed by atoms with Gasteiger partial charge in [0, 0.05) is 11.7 Å². The van der Waals surface area contributed by atoms with E-state index in [1.807, 2.05) is 0 Å². The molecule has 0 bridgehead atoms. The summed E-state index contributed by atoms with van der Waals surface area (Å²) in [6.45, 7) is 0.598. The molecule has 0 saturated carbocycles. The third-order valence-corrected chi connectivity index (χ3v) is 3.11. The lowest BCUT2D eigenvalue weighted by Gasteiger charge is -2.24. The zero-order valence-electron chi connectivity index (χ0n) is 10.4. The number of carbonyl (C=O) groups excluding carboxylic acids is 1. The van der Waals surface area contributed by atoms with Crippen molar-refractivity contribution in [2.45, 2.75) is 6.92 Å². The van der Waals surface area contributed by atoms with Crippen molar-refractivity contribution < 1.29 is 27.9 Å². The van der Waals surface area contributed by atoms with Gasteiger partial charge in [0.05, 0.1) is 5.69 Å². The number of rotatable bonds is 5. The predicted molar refractivity (Wildman–Crippen MR) is 69.3 cm³/mol. The standard InChI is InChI=1S/C12H12F3NO3S/c1-6(5-20)12(19)16(4-9(17)18)8-3-2-7(13)10(14)11(8)15/h2-3,6,20H,4-5H2,1H3,(H,17,18). The molecule has 8 heteroatoms. The Hall–Kier alpha value is -1.70. The zero-order chi connectivity index (χ0) is 15.4. The van der Waals surface area contributed by atoms with E-state index in [1.54, 1.807) is 0 Å². The Kier molecular flexibility index (Phi) is 5.43. The molecule has 20 heavy (non-hydrogen) atoms. The molecule has 1 aromatic rings. The van der Waals surface area contributed by atoms with Crippen LogP contribution in [0.2, 0.25) is 0 Å². The number of carbonyl (C=O) groups is 2. The van der Waals surface area contributed by atoms with Gasteiger partial charge in [-0.05, 0) is 12.1 Å². The quantitative estimate of drug-likeness (QED) is 0.647. The van der Waals surface area contributed by atoms with Crippen molar-refractivity contribution in [3.63, 3.8) is 0 Å². The molecule has 0 aromatic heterocycles. The second kappa shape index (κ2) is 6.65. The normalized spacial score (nSPS) is 12.1. The highest BCUT2D eigenvalue weighted by Crippen LogP contribution is 2.25. The molecule has 1 aromatic carbocycles. The third kappa shape index (κ3) is 3.44. The van der Waals surface area contributed by atoms with Crippen molar-refractivity contribution >= 4 is 30.2 Å². The van der Waals surface area contributed by atoms with Gasteiger partial charge in [-0.2, -0.15) is 12.6 Å². The third-order valence-electron chi connectivity index (χ3n) is 2.56. The number of aliphatic carboxylic acids is 1.